The summed E-state index contributed by atoms with van der Waals surface area (Å²) in [5, 5.41) is 6.90. The van der Waals surface area contributed by atoms with Crippen molar-refractivity contribution in [2.75, 3.05) is 47.0 Å². The lowest BCUT2D eigenvalue weighted by molar-refractivity contribution is 0.0667. The summed E-state index contributed by atoms with van der Waals surface area (Å²) in [5.74, 6) is 1.89. The molecule has 1 aliphatic carbocycles. The average Bonchev–Trinajstić information content (AvgIpc) is 3.24. The third-order valence-corrected chi connectivity index (χ3v) is 8.29. The quantitative estimate of drug-likeness (QED) is 0.549. The summed E-state index contributed by atoms with van der Waals surface area (Å²) in [6, 6.07) is 5.88. The first-order chi connectivity index (χ1) is 17.0. The molecule has 5 rings (SSSR count). The zero-order chi connectivity index (χ0) is 24.3. The molecule has 192 valence electrons. The Balaban J connectivity index is 1.23. The van der Waals surface area contributed by atoms with Crippen molar-refractivity contribution in [2.24, 2.45) is 22.1 Å². The molecule has 1 spiro atoms. The van der Waals surface area contributed by atoms with E-state index in [0.29, 0.717) is 11.3 Å². The number of methoxy groups -OCH3 is 1. The van der Waals surface area contributed by atoms with Crippen LogP contribution in [0.25, 0.3) is 0 Å². The molecule has 8 heteroatoms. The molecular weight excluding hydrogens is 442 g/mol. The van der Waals surface area contributed by atoms with E-state index in [1.54, 1.807) is 13.3 Å². The van der Waals surface area contributed by atoms with Crippen LogP contribution in [0.3, 0.4) is 0 Å². The van der Waals surface area contributed by atoms with Crippen LogP contribution in [-0.4, -0.2) is 64.2 Å². The standard InChI is InChI=1S/C27H41N5O3/c1-32-14-12-26(19-32)10-5-22(6-11-26)35-24-17-21(3-4-23(24)33-2)27(28)30-13-7-25(31-27)29-18-20-8-15-34-16-9-20/h3-4,7,13,17,20,22,29,31H,5-6,8-12,14-16,18-19,28H2,1-2H3. The van der Waals surface area contributed by atoms with Crippen LogP contribution < -0.4 is 25.8 Å². The van der Waals surface area contributed by atoms with Gasteiger partial charge < -0.3 is 29.7 Å². The third-order valence-electron chi connectivity index (χ3n) is 8.29. The van der Waals surface area contributed by atoms with E-state index in [9.17, 15) is 0 Å². The molecular formula is C27H41N5O3. The number of allylic oxidation sites excluding steroid dienone is 1. The van der Waals surface area contributed by atoms with Crippen LogP contribution in [0.5, 0.6) is 11.5 Å². The number of hydrogen-bond donors (Lipinski definition) is 3. The van der Waals surface area contributed by atoms with Crippen LogP contribution in [0.4, 0.5) is 0 Å². The fourth-order valence-corrected chi connectivity index (χ4v) is 6.04. The van der Waals surface area contributed by atoms with Crippen molar-refractivity contribution in [3.63, 3.8) is 0 Å². The van der Waals surface area contributed by atoms with Crippen molar-refractivity contribution < 1.29 is 14.2 Å². The fraction of sp³-hybridized carbons (Fsp3) is 0.667. The molecule has 1 atom stereocenters. The Kier molecular flexibility index (Phi) is 7.23. The van der Waals surface area contributed by atoms with Crippen molar-refractivity contribution in [1.82, 2.24) is 15.5 Å². The first-order valence-electron chi connectivity index (χ1n) is 13.1. The Bertz CT molecular complexity index is 937. The molecule has 1 unspecified atom stereocenters. The van der Waals surface area contributed by atoms with Gasteiger partial charge in [-0.25, -0.2) is 4.99 Å². The van der Waals surface area contributed by atoms with Crippen LogP contribution in [0, 0.1) is 11.3 Å². The summed E-state index contributed by atoms with van der Waals surface area (Å²) in [7, 11) is 3.92. The normalized spacial score (nSPS) is 31.7. The zero-order valence-electron chi connectivity index (χ0n) is 21.2. The molecule has 1 aromatic carbocycles. The number of nitrogens with one attached hydrogen (secondary N) is 2. The Morgan fingerprint density at radius 1 is 1.17 bits per heavy atom. The molecule has 3 aliphatic heterocycles. The van der Waals surface area contributed by atoms with Gasteiger partial charge in [0.25, 0.3) is 0 Å². The van der Waals surface area contributed by atoms with Gasteiger partial charge in [0.05, 0.1) is 13.2 Å². The predicted octanol–water partition coefficient (Wildman–Crippen LogP) is 2.94. The lowest BCUT2D eigenvalue weighted by atomic mass is 9.72. The van der Waals surface area contributed by atoms with Gasteiger partial charge in [-0.3, -0.25) is 5.73 Å². The SMILES string of the molecule is COc1ccc(C2(N)N=CC=C(NCC3CCOCC3)N2)cc1OC1CCC2(CC1)CCN(C)C2. The molecule has 2 saturated heterocycles. The maximum absolute atomic E-state index is 6.75. The van der Waals surface area contributed by atoms with Crippen LogP contribution in [-0.2, 0) is 10.5 Å². The Morgan fingerprint density at radius 2 is 1.97 bits per heavy atom. The second-order valence-corrected chi connectivity index (χ2v) is 10.9. The van der Waals surface area contributed by atoms with E-state index < -0.39 is 5.79 Å². The Labute approximate surface area is 209 Å². The van der Waals surface area contributed by atoms with Gasteiger partial charge >= 0.3 is 0 Å². The van der Waals surface area contributed by atoms with Gasteiger partial charge in [-0.15, -0.1) is 0 Å². The number of benzene rings is 1. The van der Waals surface area contributed by atoms with Gasteiger partial charge in [0.2, 0.25) is 5.79 Å². The predicted molar refractivity (Wildman–Crippen MR) is 138 cm³/mol. The van der Waals surface area contributed by atoms with Gasteiger partial charge in [0, 0.05) is 38.1 Å². The van der Waals surface area contributed by atoms with Gasteiger partial charge in [-0.2, -0.15) is 0 Å². The fourth-order valence-electron chi connectivity index (χ4n) is 6.04. The summed E-state index contributed by atoms with van der Waals surface area (Å²) in [5.41, 5.74) is 8.08. The number of rotatable bonds is 7. The molecule has 4 aliphatic rings. The molecule has 0 amide bonds. The summed E-state index contributed by atoms with van der Waals surface area (Å²) in [4.78, 5) is 7.05. The molecule has 1 aromatic rings. The van der Waals surface area contributed by atoms with Gasteiger partial charge in [0.1, 0.15) is 5.82 Å². The topological polar surface area (TPSA) is 93.4 Å². The van der Waals surface area contributed by atoms with Crippen molar-refractivity contribution in [3.8, 4) is 11.5 Å². The minimum Gasteiger partial charge on any atom is -0.493 e. The summed E-state index contributed by atoms with van der Waals surface area (Å²) < 4.78 is 17.6. The molecule has 0 radical (unpaired) electrons. The number of ether oxygens (including phenoxy) is 3. The van der Waals surface area contributed by atoms with Crippen molar-refractivity contribution in [3.05, 3.63) is 35.7 Å². The second kappa shape index (κ2) is 10.4. The highest BCUT2D eigenvalue weighted by Crippen LogP contribution is 2.45. The smallest absolute Gasteiger partial charge is 0.210 e. The molecule has 4 N–H and O–H groups in total. The lowest BCUT2D eigenvalue weighted by Crippen LogP contribution is -2.52. The largest absolute Gasteiger partial charge is 0.493 e. The monoisotopic (exact) mass is 483 g/mol. The number of nitrogens with two attached hydrogens (primary N) is 1. The highest BCUT2D eigenvalue weighted by atomic mass is 16.5. The third kappa shape index (κ3) is 5.60. The first-order valence-corrected chi connectivity index (χ1v) is 13.1. The molecule has 3 heterocycles. The molecule has 1 saturated carbocycles. The van der Waals surface area contributed by atoms with Crippen LogP contribution in [0.1, 0.15) is 50.5 Å². The van der Waals surface area contributed by atoms with E-state index in [2.05, 4.69) is 27.6 Å². The number of aliphatic imine (C=N–C) groups is 1. The summed E-state index contributed by atoms with van der Waals surface area (Å²) >= 11 is 0. The highest BCUT2D eigenvalue weighted by Gasteiger charge is 2.40. The number of hydrogen-bond acceptors (Lipinski definition) is 8. The van der Waals surface area contributed by atoms with E-state index in [1.165, 1.54) is 32.4 Å². The van der Waals surface area contributed by atoms with Gasteiger partial charge in [-0.1, -0.05) is 0 Å². The van der Waals surface area contributed by atoms with E-state index in [1.807, 2.05) is 24.3 Å². The number of likely N-dealkylation sites (tertiary alicyclic amines) is 1. The Morgan fingerprint density at radius 3 is 2.69 bits per heavy atom. The molecule has 0 bridgehead atoms. The first kappa shape index (κ1) is 24.4. The molecule has 3 fully saturated rings. The second-order valence-electron chi connectivity index (χ2n) is 10.9. The molecule has 0 aromatic heterocycles. The van der Waals surface area contributed by atoms with Crippen molar-refractivity contribution in [2.45, 2.75) is 56.8 Å². The molecule has 35 heavy (non-hydrogen) atoms. The lowest BCUT2D eigenvalue weighted by Gasteiger charge is -2.37. The highest BCUT2D eigenvalue weighted by molar-refractivity contribution is 5.74. The van der Waals surface area contributed by atoms with E-state index >= 15 is 0 Å². The number of nitrogens with zero attached hydrogens (tertiary/aromatic N) is 2. The van der Waals surface area contributed by atoms with Gasteiger partial charge in [0.15, 0.2) is 11.5 Å². The van der Waals surface area contributed by atoms with E-state index in [0.717, 1.165) is 68.3 Å². The van der Waals surface area contributed by atoms with Crippen molar-refractivity contribution in [1.29, 1.82) is 0 Å². The van der Waals surface area contributed by atoms with Crippen LogP contribution in [0.15, 0.2) is 35.1 Å². The maximum Gasteiger partial charge on any atom is 0.210 e. The Hall–Kier alpha value is -2.29. The van der Waals surface area contributed by atoms with Gasteiger partial charge in [-0.05, 0) is 94.1 Å². The summed E-state index contributed by atoms with van der Waals surface area (Å²) in [6.45, 7) is 5.01. The van der Waals surface area contributed by atoms with E-state index in [4.69, 9.17) is 19.9 Å². The van der Waals surface area contributed by atoms with Crippen LogP contribution in [0.2, 0.25) is 0 Å². The van der Waals surface area contributed by atoms with E-state index in [-0.39, 0.29) is 6.10 Å². The average molecular weight is 484 g/mol. The minimum absolute atomic E-state index is 0.198. The maximum atomic E-state index is 6.75. The molecule has 8 nitrogen and oxygen atoms in total. The summed E-state index contributed by atoms with van der Waals surface area (Å²) in [6.07, 6.45) is 12.0. The zero-order valence-corrected chi connectivity index (χ0v) is 21.2. The van der Waals surface area contributed by atoms with Crippen molar-refractivity contribution >= 4 is 6.21 Å². The minimum atomic E-state index is -1.07. The van der Waals surface area contributed by atoms with Crippen LogP contribution >= 0.6 is 0 Å².